The van der Waals surface area contributed by atoms with E-state index in [4.69, 9.17) is 20.9 Å². The number of aliphatic imine (C=N–C) groups is 1. The zero-order valence-electron chi connectivity index (χ0n) is 27.0. The molecule has 16 heteroatoms. The fourth-order valence-electron chi connectivity index (χ4n) is 5.99. The van der Waals surface area contributed by atoms with Gasteiger partial charge in [-0.05, 0) is 90.7 Å². The summed E-state index contributed by atoms with van der Waals surface area (Å²) in [5, 5.41) is 13.6. The minimum absolute atomic E-state index is 0.0103. The summed E-state index contributed by atoms with van der Waals surface area (Å²) in [7, 11) is -2.85. The van der Waals surface area contributed by atoms with Gasteiger partial charge in [0.25, 0.3) is 15.9 Å². The van der Waals surface area contributed by atoms with Gasteiger partial charge < -0.3 is 31.4 Å². The maximum atomic E-state index is 13.9. The van der Waals surface area contributed by atoms with Crippen LogP contribution in [0.5, 0.6) is 5.75 Å². The van der Waals surface area contributed by atoms with Gasteiger partial charge >= 0.3 is 11.9 Å². The highest BCUT2D eigenvalue weighted by Crippen LogP contribution is 2.39. The highest BCUT2D eigenvalue weighted by Gasteiger charge is 2.30. The Morgan fingerprint density at radius 1 is 1.14 bits per heavy atom. The largest absolute Gasteiger partial charge is 0.492 e. The summed E-state index contributed by atoms with van der Waals surface area (Å²) < 4.78 is 41.0. The van der Waals surface area contributed by atoms with E-state index in [0.717, 1.165) is 54.0 Å². The van der Waals surface area contributed by atoms with Gasteiger partial charge in [-0.1, -0.05) is 18.2 Å². The monoisotopic (exact) mass is 712 g/mol. The number of amides is 1. The molecule has 0 saturated carbocycles. The maximum Gasteiger partial charge on any atom is 0.326 e. The molecule has 3 aromatic rings. The highest BCUT2D eigenvalue weighted by molar-refractivity contribution is 7.92. The van der Waals surface area contributed by atoms with Crippen LogP contribution < -0.4 is 26.2 Å². The molecule has 1 aromatic heterocycles. The number of nitrogens with two attached hydrogens (primary N) is 2. The van der Waals surface area contributed by atoms with E-state index in [1.807, 2.05) is 30.3 Å². The molecule has 1 fully saturated rings. The predicted molar refractivity (Wildman–Crippen MR) is 185 cm³/mol. The van der Waals surface area contributed by atoms with Crippen molar-refractivity contribution in [3.8, 4) is 16.9 Å². The van der Waals surface area contributed by atoms with Crippen molar-refractivity contribution in [1.29, 1.82) is 0 Å². The number of carboxylic acid groups (broad SMARTS) is 1. The first-order valence-electron chi connectivity index (χ1n) is 15.8. The number of hydrogen-bond donors (Lipinski definition) is 5. The number of rotatable bonds is 14. The lowest BCUT2D eigenvalue weighted by Gasteiger charge is -2.30. The molecule has 262 valence electrons. The second kappa shape index (κ2) is 15.7. The quantitative estimate of drug-likeness (QED) is 0.0709. The number of esters is 1. The summed E-state index contributed by atoms with van der Waals surface area (Å²) in [5.41, 5.74) is 14.0. The van der Waals surface area contributed by atoms with Crippen molar-refractivity contribution in [2.75, 3.05) is 38.1 Å². The summed E-state index contributed by atoms with van der Waals surface area (Å²) >= 11 is 0.978. The fourth-order valence-corrected chi connectivity index (χ4v) is 8.09. The number of carboxylic acids is 1. The molecule has 49 heavy (non-hydrogen) atoms. The molecule has 1 atom stereocenters. The summed E-state index contributed by atoms with van der Waals surface area (Å²) in [6, 6.07) is 11.6. The summed E-state index contributed by atoms with van der Waals surface area (Å²) in [5.74, 6) is -2.08. The number of carbonyl (C=O) groups excluding carboxylic acids is 2. The Morgan fingerprint density at radius 2 is 1.92 bits per heavy atom. The van der Waals surface area contributed by atoms with E-state index in [9.17, 15) is 27.9 Å². The molecule has 14 nitrogen and oxygen atoms in total. The number of likely N-dealkylation sites (tertiary alicyclic amines) is 1. The number of carbonyl (C=O) groups is 3. The molecular weight excluding hydrogens is 673 g/mol. The molecule has 2 aliphatic heterocycles. The first kappa shape index (κ1) is 35.6. The van der Waals surface area contributed by atoms with Gasteiger partial charge in [-0.3, -0.25) is 24.2 Å². The van der Waals surface area contributed by atoms with Gasteiger partial charge in [0.1, 0.15) is 21.6 Å². The van der Waals surface area contributed by atoms with Crippen molar-refractivity contribution in [3.63, 3.8) is 0 Å². The van der Waals surface area contributed by atoms with E-state index < -0.39 is 27.9 Å². The summed E-state index contributed by atoms with van der Waals surface area (Å²) in [6.07, 6.45) is 2.38. The van der Waals surface area contributed by atoms with Crippen LogP contribution in [0, 0.1) is 5.92 Å². The average Bonchev–Trinajstić information content (AvgIpc) is 3.75. The molecule has 0 radical (unpaired) electrons. The molecule has 0 aliphatic carbocycles. The fraction of sp³-hybridized carbons (Fsp3) is 0.394. The minimum atomic E-state index is -4.26. The lowest BCUT2D eigenvalue weighted by atomic mass is 9.96. The summed E-state index contributed by atoms with van der Waals surface area (Å²) in [4.78, 5) is 42.9. The van der Waals surface area contributed by atoms with Crippen LogP contribution in [0.1, 0.15) is 46.5 Å². The van der Waals surface area contributed by atoms with Crippen LogP contribution in [0.2, 0.25) is 0 Å². The number of nitrogens with one attached hydrogen (secondary N) is 2. The second-order valence-electron chi connectivity index (χ2n) is 11.9. The number of nitrogens with zero attached hydrogens (tertiary/aromatic N) is 2. The van der Waals surface area contributed by atoms with Crippen molar-refractivity contribution in [2.45, 2.75) is 49.6 Å². The lowest BCUT2D eigenvalue weighted by Crippen LogP contribution is -2.40. The first-order valence-corrected chi connectivity index (χ1v) is 18.2. The number of thiophene rings is 1. The number of sulfonamides is 1. The Kier molecular flexibility index (Phi) is 11.4. The van der Waals surface area contributed by atoms with Gasteiger partial charge in [0, 0.05) is 19.5 Å². The molecule has 0 spiro atoms. The number of fused-ring (bicyclic) bond motifs is 1. The van der Waals surface area contributed by atoms with Gasteiger partial charge in [0.15, 0.2) is 5.96 Å². The van der Waals surface area contributed by atoms with Crippen LogP contribution >= 0.6 is 11.3 Å². The highest BCUT2D eigenvalue weighted by atomic mass is 32.2. The molecule has 0 unspecified atom stereocenters. The maximum absolute atomic E-state index is 13.9. The summed E-state index contributed by atoms with van der Waals surface area (Å²) in [6.45, 7) is 2.75. The average molecular weight is 713 g/mol. The molecule has 1 saturated heterocycles. The lowest BCUT2D eigenvalue weighted by molar-refractivity contribution is -0.147. The van der Waals surface area contributed by atoms with Gasteiger partial charge in [-0.2, -0.15) is 0 Å². The normalized spacial score (nSPS) is 15.4. The molecule has 7 N–H and O–H groups in total. The van der Waals surface area contributed by atoms with Crippen molar-refractivity contribution < 1.29 is 37.4 Å². The number of guanidine groups is 1. The SMILES string of the molecule is COC(=O)C1CCN(Cc2cccc(-c3cc4c(c(S(=O)(=O)Nc5ccsc5C(=O)N[C@@H](CCCN=C(N)N)C(=O)O)c3)OCC4)c2)CC1. The van der Waals surface area contributed by atoms with Crippen LogP contribution in [0.3, 0.4) is 0 Å². The van der Waals surface area contributed by atoms with E-state index in [2.05, 4.69) is 19.9 Å². The van der Waals surface area contributed by atoms with Crippen LogP contribution in [0.25, 0.3) is 11.1 Å². The van der Waals surface area contributed by atoms with Crippen molar-refractivity contribution in [1.82, 2.24) is 10.2 Å². The standard InChI is InChI=1S/C33H40N6O8S2/c1-46-32(43)21-7-12-39(13-8-21)19-20-4-2-5-22(16-20)24-17-23-9-14-47-28(23)27(18-24)49(44,45)38-25-10-15-48-29(25)30(40)37-26(31(41)42)6-3-11-36-33(34)35/h2,4-5,10,15-18,21,26,38H,3,6-9,11-14,19H2,1H3,(H,37,40)(H,41,42)(H4,34,35,36)/t26-/m0/s1. The first-order chi connectivity index (χ1) is 23.4. The Balaban J connectivity index is 1.33. The van der Waals surface area contributed by atoms with Gasteiger partial charge in [0.05, 0.1) is 25.3 Å². The molecule has 3 heterocycles. The second-order valence-corrected chi connectivity index (χ2v) is 14.5. The predicted octanol–water partition coefficient (Wildman–Crippen LogP) is 2.77. The third-order valence-corrected chi connectivity index (χ3v) is 10.8. The van der Waals surface area contributed by atoms with E-state index in [-0.39, 0.29) is 52.0 Å². The molecular formula is C33H40N6O8S2. The van der Waals surface area contributed by atoms with Crippen molar-refractivity contribution in [2.24, 2.45) is 22.4 Å². The number of methoxy groups -OCH3 is 1. The number of ether oxygens (including phenoxy) is 2. The third kappa shape index (κ3) is 8.87. The van der Waals surface area contributed by atoms with Gasteiger partial charge in [-0.25, -0.2) is 13.2 Å². The van der Waals surface area contributed by atoms with Crippen LogP contribution in [-0.2, 0) is 37.3 Å². The van der Waals surface area contributed by atoms with Crippen molar-refractivity contribution >= 4 is 50.9 Å². The molecule has 2 aliphatic rings. The zero-order chi connectivity index (χ0) is 35.1. The van der Waals surface area contributed by atoms with Crippen LogP contribution in [-0.4, -0.2) is 81.6 Å². The van der Waals surface area contributed by atoms with E-state index in [1.54, 1.807) is 11.4 Å². The zero-order valence-corrected chi connectivity index (χ0v) is 28.6. The van der Waals surface area contributed by atoms with Gasteiger partial charge in [-0.15, -0.1) is 11.3 Å². The van der Waals surface area contributed by atoms with E-state index in [0.29, 0.717) is 31.6 Å². The number of aliphatic carboxylic acids is 1. The van der Waals surface area contributed by atoms with Crippen molar-refractivity contribution in [3.05, 3.63) is 63.8 Å². The number of benzene rings is 2. The van der Waals surface area contributed by atoms with E-state index in [1.165, 1.54) is 13.2 Å². The topological polar surface area (TPSA) is 216 Å². The Bertz CT molecular complexity index is 1830. The molecule has 0 bridgehead atoms. The number of anilines is 1. The number of hydrogen-bond acceptors (Lipinski definition) is 10. The van der Waals surface area contributed by atoms with Crippen LogP contribution in [0.15, 0.2) is 57.7 Å². The number of piperidine rings is 1. The Hall–Kier alpha value is -4.67. The Morgan fingerprint density at radius 3 is 2.63 bits per heavy atom. The smallest absolute Gasteiger partial charge is 0.326 e. The third-order valence-electron chi connectivity index (χ3n) is 8.49. The van der Waals surface area contributed by atoms with E-state index >= 15 is 0 Å². The molecule has 2 aromatic carbocycles. The van der Waals surface area contributed by atoms with Crippen LogP contribution in [0.4, 0.5) is 5.69 Å². The molecule has 1 amide bonds. The molecule has 5 rings (SSSR count). The van der Waals surface area contributed by atoms with Gasteiger partial charge in [0.2, 0.25) is 0 Å². The minimum Gasteiger partial charge on any atom is -0.492 e. The Labute approximate surface area is 288 Å².